The van der Waals surface area contributed by atoms with E-state index >= 15 is 0 Å². The molecule has 0 atom stereocenters. The lowest BCUT2D eigenvalue weighted by atomic mass is 9.82. The Morgan fingerprint density at radius 3 is 1.90 bits per heavy atom. The SMILES string of the molecule is CCOC(=O)C1=CN(C(C)C)C=C(C(=O)OCC)C1c1ccccc1OC(C)C. The third-order valence-electron chi connectivity index (χ3n) is 4.41. The van der Waals surface area contributed by atoms with E-state index in [-0.39, 0.29) is 25.4 Å². The van der Waals surface area contributed by atoms with Crippen molar-refractivity contribution in [2.24, 2.45) is 0 Å². The first-order chi connectivity index (χ1) is 13.8. The van der Waals surface area contributed by atoms with Crippen LogP contribution >= 0.6 is 0 Å². The molecule has 0 radical (unpaired) electrons. The van der Waals surface area contributed by atoms with Crippen molar-refractivity contribution < 1.29 is 23.8 Å². The minimum absolute atomic E-state index is 0.0481. The molecule has 0 bridgehead atoms. The molecule has 6 nitrogen and oxygen atoms in total. The van der Waals surface area contributed by atoms with Crippen LogP contribution in [0.25, 0.3) is 0 Å². The molecule has 0 saturated heterocycles. The summed E-state index contributed by atoms with van der Waals surface area (Å²) in [6.45, 7) is 11.8. The van der Waals surface area contributed by atoms with Gasteiger partial charge < -0.3 is 19.1 Å². The van der Waals surface area contributed by atoms with Gasteiger partial charge in [0.15, 0.2) is 0 Å². The molecule has 0 saturated carbocycles. The molecule has 2 rings (SSSR count). The number of benzene rings is 1. The Morgan fingerprint density at radius 1 is 0.931 bits per heavy atom. The highest BCUT2D eigenvalue weighted by Gasteiger charge is 2.37. The molecule has 1 aromatic rings. The molecule has 1 aliphatic rings. The van der Waals surface area contributed by atoms with Gasteiger partial charge in [-0.15, -0.1) is 0 Å². The predicted octanol–water partition coefficient (Wildman–Crippen LogP) is 4.18. The van der Waals surface area contributed by atoms with Crippen molar-refractivity contribution in [3.63, 3.8) is 0 Å². The molecular weight excluding hydrogens is 370 g/mol. The molecule has 1 aromatic carbocycles. The van der Waals surface area contributed by atoms with E-state index in [9.17, 15) is 9.59 Å². The predicted molar refractivity (Wildman–Crippen MR) is 111 cm³/mol. The summed E-state index contributed by atoms with van der Waals surface area (Å²) < 4.78 is 16.6. The lowest BCUT2D eigenvalue weighted by molar-refractivity contribution is -0.139. The molecule has 29 heavy (non-hydrogen) atoms. The Bertz CT molecular complexity index is 758. The fourth-order valence-corrected chi connectivity index (χ4v) is 3.16. The number of esters is 2. The van der Waals surface area contributed by atoms with Gasteiger partial charge in [0.1, 0.15) is 5.75 Å². The number of rotatable bonds is 8. The van der Waals surface area contributed by atoms with Crippen LogP contribution in [0.1, 0.15) is 53.0 Å². The van der Waals surface area contributed by atoms with Gasteiger partial charge in [0.25, 0.3) is 0 Å². The Morgan fingerprint density at radius 2 is 1.45 bits per heavy atom. The molecule has 1 heterocycles. The third kappa shape index (κ3) is 5.40. The van der Waals surface area contributed by atoms with Gasteiger partial charge in [-0.3, -0.25) is 0 Å². The van der Waals surface area contributed by atoms with E-state index in [1.165, 1.54) is 0 Å². The van der Waals surface area contributed by atoms with Gasteiger partial charge >= 0.3 is 11.9 Å². The van der Waals surface area contributed by atoms with Crippen LogP contribution < -0.4 is 4.74 Å². The standard InChI is InChI=1S/C23H31NO5/c1-7-27-22(25)18-13-24(15(3)4)14-19(23(26)28-8-2)21(18)17-11-9-10-12-20(17)29-16(5)6/h9-16,21H,7-8H2,1-6H3. The van der Waals surface area contributed by atoms with E-state index < -0.39 is 17.9 Å². The van der Waals surface area contributed by atoms with E-state index in [4.69, 9.17) is 14.2 Å². The zero-order chi connectivity index (χ0) is 21.6. The molecule has 1 aliphatic heterocycles. The van der Waals surface area contributed by atoms with E-state index in [2.05, 4.69) is 0 Å². The van der Waals surface area contributed by atoms with Crippen LogP contribution in [0.5, 0.6) is 5.75 Å². The topological polar surface area (TPSA) is 65.1 Å². The molecule has 158 valence electrons. The molecule has 0 spiro atoms. The summed E-state index contributed by atoms with van der Waals surface area (Å²) in [5.74, 6) is -0.941. The molecule has 0 unspecified atom stereocenters. The first kappa shape index (κ1) is 22.5. The van der Waals surface area contributed by atoms with Gasteiger partial charge in [0.2, 0.25) is 0 Å². The van der Waals surface area contributed by atoms with Crippen LogP contribution in [0, 0.1) is 0 Å². The van der Waals surface area contributed by atoms with Crippen molar-refractivity contribution in [3.8, 4) is 5.75 Å². The highest BCUT2D eigenvalue weighted by molar-refractivity contribution is 5.99. The summed E-state index contributed by atoms with van der Waals surface area (Å²) in [5, 5.41) is 0. The van der Waals surface area contributed by atoms with Gasteiger partial charge in [-0.1, -0.05) is 18.2 Å². The molecule has 0 N–H and O–H groups in total. The third-order valence-corrected chi connectivity index (χ3v) is 4.41. The second kappa shape index (κ2) is 10.1. The molecule has 0 amide bonds. The zero-order valence-corrected chi connectivity index (χ0v) is 18.1. The number of carbonyl (C=O) groups is 2. The van der Waals surface area contributed by atoms with Crippen LogP contribution in [-0.4, -0.2) is 42.2 Å². The average molecular weight is 402 g/mol. The quantitative estimate of drug-likeness (QED) is 0.609. The minimum atomic E-state index is -0.641. The van der Waals surface area contributed by atoms with Crippen molar-refractivity contribution >= 4 is 11.9 Å². The Kier molecular flexibility index (Phi) is 7.88. The lowest BCUT2D eigenvalue weighted by Gasteiger charge is -2.33. The van der Waals surface area contributed by atoms with Crippen LogP contribution in [-0.2, 0) is 19.1 Å². The van der Waals surface area contributed by atoms with E-state index in [1.54, 1.807) is 26.2 Å². The van der Waals surface area contributed by atoms with Gasteiger partial charge in [-0.2, -0.15) is 0 Å². The first-order valence-electron chi connectivity index (χ1n) is 10.1. The number of carbonyl (C=O) groups excluding carboxylic acids is 2. The van der Waals surface area contributed by atoms with Gasteiger partial charge in [-0.25, -0.2) is 9.59 Å². The molecule has 0 aliphatic carbocycles. The largest absolute Gasteiger partial charge is 0.491 e. The van der Waals surface area contributed by atoms with Crippen molar-refractivity contribution in [1.29, 1.82) is 0 Å². The maximum atomic E-state index is 12.9. The number of hydrogen-bond donors (Lipinski definition) is 0. The Hall–Kier alpha value is -2.76. The molecule has 6 heteroatoms. The van der Waals surface area contributed by atoms with E-state index in [0.29, 0.717) is 16.9 Å². The number of ether oxygens (including phenoxy) is 3. The van der Waals surface area contributed by atoms with Crippen LogP contribution in [0.3, 0.4) is 0 Å². The second-order valence-corrected chi connectivity index (χ2v) is 7.29. The normalized spacial score (nSPS) is 14.6. The van der Waals surface area contributed by atoms with Gasteiger partial charge in [0, 0.05) is 24.0 Å². The minimum Gasteiger partial charge on any atom is -0.491 e. The van der Waals surface area contributed by atoms with Gasteiger partial charge in [0.05, 0.1) is 36.4 Å². The molecule has 0 fully saturated rings. The van der Waals surface area contributed by atoms with E-state index in [0.717, 1.165) is 5.56 Å². The Labute approximate surface area is 173 Å². The van der Waals surface area contributed by atoms with Crippen molar-refractivity contribution in [3.05, 3.63) is 53.4 Å². The summed E-state index contributed by atoms with van der Waals surface area (Å²) in [4.78, 5) is 27.6. The fourth-order valence-electron chi connectivity index (χ4n) is 3.16. The first-order valence-corrected chi connectivity index (χ1v) is 10.1. The second-order valence-electron chi connectivity index (χ2n) is 7.29. The zero-order valence-electron chi connectivity index (χ0n) is 18.1. The van der Waals surface area contributed by atoms with Crippen LogP contribution in [0.15, 0.2) is 47.8 Å². The molecule has 0 aromatic heterocycles. The smallest absolute Gasteiger partial charge is 0.336 e. The maximum absolute atomic E-state index is 12.9. The van der Waals surface area contributed by atoms with Crippen molar-refractivity contribution in [2.75, 3.05) is 13.2 Å². The Balaban J connectivity index is 2.67. The highest BCUT2D eigenvalue weighted by Crippen LogP contribution is 2.41. The number of hydrogen-bond acceptors (Lipinski definition) is 6. The number of para-hydroxylation sites is 1. The maximum Gasteiger partial charge on any atom is 0.336 e. The average Bonchev–Trinajstić information content (AvgIpc) is 2.67. The summed E-state index contributed by atoms with van der Waals surface area (Å²) in [6, 6.07) is 7.49. The van der Waals surface area contributed by atoms with Crippen LogP contribution in [0.2, 0.25) is 0 Å². The van der Waals surface area contributed by atoms with Crippen LogP contribution in [0.4, 0.5) is 0 Å². The number of nitrogens with zero attached hydrogens (tertiary/aromatic N) is 1. The van der Waals surface area contributed by atoms with Gasteiger partial charge in [-0.05, 0) is 47.6 Å². The van der Waals surface area contributed by atoms with Crippen molar-refractivity contribution in [1.82, 2.24) is 4.90 Å². The highest BCUT2D eigenvalue weighted by atomic mass is 16.5. The summed E-state index contributed by atoms with van der Waals surface area (Å²) in [6.07, 6.45) is 3.45. The summed E-state index contributed by atoms with van der Waals surface area (Å²) >= 11 is 0. The van der Waals surface area contributed by atoms with Crippen molar-refractivity contribution in [2.45, 2.75) is 59.6 Å². The molecular formula is C23H31NO5. The summed E-state index contributed by atoms with van der Waals surface area (Å²) in [5.41, 5.74) is 1.49. The van der Waals surface area contributed by atoms with E-state index in [1.807, 2.05) is 56.9 Å². The summed E-state index contributed by atoms with van der Waals surface area (Å²) in [7, 11) is 0. The monoisotopic (exact) mass is 401 g/mol. The fraction of sp³-hybridized carbons (Fsp3) is 0.478. The lowest BCUT2D eigenvalue weighted by Crippen LogP contribution is -2.32.